The Bertz CT molecular complexity index is 999. The number of carbonyl (C=O) groups is 2. The van der Waals surface area contributed by atoms with Gasteiger partial charge in [0.2, 0.25) is 5.95 Å². The molecule has 0 aliphatic heterocycles. The van der Waals surface area contributed by atoms with Gasteiger partial charge in [0, 0.05) is 17.4 Å². The quantitative estimate of drug-likeness (QED) is 0.661. The van der Waals surface area contributed by atoms with Crippen LogP contribution >= 0.6 is 0 Å². The van der Waals surface area contributed by atoms with Gasteiger partial charge in [0.15, 0.2) is 5.82 Å². The first kappa shape index (κ1) is 18.1. The summed E-state index contributed by atoms with van der Waals surface area (Å²) in [5.74, 6) is 0.205. The van der Waals surface area contributed by atoms with Crippen LogP contribution in [0.4, 0.5) is 17.5 Å². The second-order valence-electron chi connectivity index (χ2n) is 5.69. The van der Waals surface area contributed by atoms with Gasteiger partial charge in [-0.2, -0.15) is 0 Å². The molecular weight excluding hydrogens is 350 g/mol. The van der Waals surface area contributed by atoms with Gasteiger partial charge in [-0.15, -0.1) is 0 Å². The first-order valence-electron chi connectivity index (χ1n) is 8.00. The lowest BCUT2D eigenvalue weighted by Crippen LogP contribution is -2.15. The van der Waals surface area contributed by atoms with E-state index in [-0.39, 0.29) is 11.6 Å². The number of nitrogens with zero attached hydrogens (tertiary/aromatic N) is 3. The third-order valence-electron chi connectivity index (χ3n) is 3.50. The Kier molecular flexibility index (Phi) is 5.11. The van der Waals surface area contributed by atoms with Gasteiger partial charge >= 0.3 is 5.97 Å². The number of methoxy groups -OCH3 is 1. The standard InChI is InChI=1S/C18H17N5O4/c1-10-7-14(16(24)22-15-8-11(2)27-23-15)21-18(19-10)20-13-6-4-5-12(9-13)17(25)26-3/h4-9H,1-3H3,(H,19,20,21)(H,22,23,24). The number of anilines is 3. The van der Waals surface area contributed by atoms with Crippen molar-refractivity contribution in [1.29, 1.82) is 0 Å². The fourth-order valence-corrected chi connectivity index (χ4v) is 2.32. The molecule has 0 aliphatic carbocycles. The zero-order valence-electron chi connectivity index (χ0n) is 14.9. The van der Waals surface area contributed by atoms with Crippen LogP contribution in [0.15, 0.2) is 40.9 Å². The summed E-state index contributed by atoms with van der Waals surface area (Å²) in [4.78, 5) is 32.5. The molecule has 0 bridgehead atoms. The highest BCUT2D eigenvalue weighted by Gasteiger charge is 2.13. The number of carbonyl (C=O) groups excluding carboxylic acids is 2. The highest BCUT2D eigenvalue weighted by atomic mass is 16.5. The fourth-order valence-electron chi connectivity index (χ4n) is 2.32. The summed E-state index contributed by atoms with van der Waals surface area (Å²) in [6.45, 7) is 3.47. The third-order valence-corrected chi connectivity index (χ3v) is 3.50. The monoisotopic (exact) mass is 367 g/mol. The molecule has 0 fully saturated rings. The first-order valence-corrected chi connectivity index (χ1v) is 8.00. The lowest BCUT2D eigenvalue weighted by atomic mass is 10.2. The highest BCUT2D eigenvalue weighted by Crippen LogP contribution is 2.17. The highest BCUT2D eigenvalue weighted by molar-refractivity contribution is 6.02. The summed E-state index contributed by atoms with van der Waals surface area (Å²) >= 11 is 0. The van der Waals surface area contributed by atoms with E-state index in [2.05, 4.69) is 25.8 Å². The summed E-state index contributed by atoms with van der Waals surface area (Å²) in [6, 6.07) is 9.84. The van der Waals surface area contributed by atoms with Crippen LogP contribution in [0.25, 0.3) is 0 Å². The van der Waals surface area contributed by atoms with Gasteiger partial charge in [0.05, 0.1) is 12.7 Å². The van der Waals surface area contributed by atoms with Crippen LogP contribution in [0.1, 0.15) is 32.3 Å². The minimum absolute atomic E-state index is 0.162. The smallest absolute Gasteiger partial charge is 0.337 e. The van der Waals surface area contributed by atoms with Crippen molar-refractivity contribution in [3.8, 4) is 0 Å². The SMILES string of the molecule is COC(=O)c1cccc(Nc2nc(C)cc(C(=O)Nc3cc(C)on3)n2)c1. The van der Waals surface area contributed by atoms with Crippen LogP contribution in [0.5, 0.6) is 0 Å². The number of hydrogen-bond donors (Lipinski definition) is 2. The average molecular weight is 367 g/mol. The number of aromatic nitrogens is 3. The molecule has 9 heteroatoms. The van der Waals surface area contributed by atoms with Gasteiger partial charge in [-0.1, -0.05) is 11.2 Å². The number of rotatable bonds is 5. The lowest BCUT2D eigenvalue weighted by molar-refractivity contribution is 0.0600. The van der Waals surface area contributed by atoms with Crippen LogP contribution in [-0.4, -0.2) is 34.1 Å². The van der Waals surface area contributed by atoms with Gasteiger partial charge in [0.1, 0.15) is 11.5 Å². The van der Waals surface area contributed by atoms with Crippen molar-refractivity contribution in [2.75, 3.05) is 17.7 Å². The fraction of sp³-hybridized carbons (Fsp3) is 0.167. The molecule has 0 saturated heterocycles. The normalized spacial score (nSPS) is 10.3. The Balaban J connectivity index is 1.81. The number of hydrogen-bond acceptors (Lipinski definition) is 8. The van der Waals surface area contributed by atoms with Crippen molar-refractivity contribution in [2.45, 2.75) is 13.8 Å². The molecule has 0 unspecified atom stereocenters. The summed E-state index contributed by atoms with van der Waals surface area (Å²) < 4.78 is 9.62. The molecule has 0 atom stereocenters. The summed E-state index contributed by atoms with van der Waals surface area (Å²) in [7, 11) is 1.31. The Hall–Kier alpha value is -3.75. The number of amides is 1. The molecule has 3 aromatic rings. The molecule has 1 amide bonds. The van der Waals surface area contributed by atoms with Crippen molar-refractivity contribution >= 4 is 29.3 Å². The Morgan fingerprint density at radius 1 is 1.11 bits per heavy atom. The Morgan fingerprint density at radius 2 is 1.93 bits per heavy atom. The maximum absolute atomic E-state index is 12.4. The van der Waals surface area contributed by atoms with E-state index in [0.717, 1.165) is 0 Å². The van der Waals surface area contributed by atoms with Crippen molar-refractivity contribution in [2.24, 2.45) is 0 Å². The van der Waals surface area contributed by atoms with E-state index < -0.39 is 11.9 Å². The van der Waals surface area contributed by atoms with E-state index in [1.54, 1.807) is 50.2 Å². The molecule has 0 saturated carbocycles. The molecule has 2 aromatic heterocycles. The molecule has 0 radical (unpaired) electrons. The minimum Gasteiger partial charge on any atom is -0.465 e. The first-order chi connectivity index (χ1) is 12.9. The Morgan fingerprint density at radius 3 is 2.63 bits per heavy atom. The predicted molar refractivity (Wildman–Crippen MR) is 97.0 cm³/mol. The molecule has 138 valence electrons. The summed E-state index contributed by atoms with van der Waals surface area (Å²) in [6.07, 6.45) is 0. The number of ether oxygens (including phenoxy) is 1. The topological polar surface area (TPSA) is 119 Å². The van der Waals surface area contributed by atoms with E-state index in [1.807, 2.05) is 0 Å². The second-order valence-corrected chi connectivity index (χ2v) is 5.69. The molecule has 9 nitrogen and oxygen atoms in total. The molecular formula is C18H17N5O4. The van der Waals surface area contributed by atoms with Gasteiger partial charge in [-0.3, -0.25) is 4.79 Å². The van der Waals surface area contributed by atoms with E-state index in [4.69, 9.17) is 9.26 Å². The van der Waals surface area contributed by atoms with Crippen LogP contribution < -0.4 is 10.6 Å². The van der Waals surface area contributed by atoms with Crippen molar-refractivity contribution < 1.29 is 18.8 Å². The minimum atomic E-state index is -0.452. The predicted octanol–water partition coefficient (Wildman–Crippen LogP) is 2.86. The van der Waals surface area contributed by atoms with E-state index in [9.17, 15) is 9.59 Å². The lowest BCUT2D eigenvalue weighted by Gasteiger charge is -2.09. The Labute approximate surface area is 154 Å². The molecule has 2 heterocycles. The number of aryl methyl sites for hydroxylation is 2. The zero-order valence-corrected chi connectivity index (χ0v) is 14.9. The number of benzene rings is 1. The number of nitrogens with one attached hydrogen (secondary N) is 2. The molecule has 1 aromatic carbocycles. The van der Waals surface area contributed by atoms with Gasteiger partial charge in [0.25, 0.3) is 5.91 Å². The van der Waals surface area contributed by atoms with Gasteiger partial charge < -0.3 is 19.9 Å². The van der Waals surface area contributed by atoms with Crippen LogP contribution in [0.3, 0.4) is 0 Å². The zero-order chi connectivity index (χ0) is 19.4. The second kappa shape index (κ2) is 7.65. The van der Waals surface area contributed by atoms with E-state index >= 15 is 0 Å². The molecule has 3 rings (SSSR count). The molecule has 0 aliphatic rings. The van der Waals surface area contributed by atoms with Crippen LogP contribution in [0.2, 0.25) is 0 Å². The van der Waals surface area contributed by atoms with Crippen LogP contribution in [-0.2, 0) is 4.74 Å². The van der Waals surface area contributed by atoms with Crippen molar-refractivity contribution in [1.82, 2.24) is 15.1 Å². The van der Waals surface area contributed by atoms with Gasteiger partial charge in [-0.05, 0) is 38.1 Å². The molecule has 0 spiro atoms. The summed E-state index contributed by atoms with van der Waals surface area (Å²) in [5.41, 5.74) is 1.73. The van der Waals surface area contributed by atoms with E-state index in [0.29, 0.717) is 28.5 Å². The summed E-state index contributed by atoms with van der Waals surface area (Å²) in [5, 5.41) is 9.31. The molecule has 27 heavy (non-hydrogen) atoms. The maximum Gasteiger partial charge on any atom is 0.337 e. The van der Waals surface area contributed by atoms with Gasteiger partial charge in [-0.25, -0.2) is 14.8 Å². The van der Waals surface area contributed by atoms with Crippen molar-refractivity contribution in [3.05, 3.63) is 59.1 Å². The largest absolute Gasteiger partial charge is 0.465 e. The van der Waals surface area contributed by atoms with E-state index in [1.165, 1.54) is 7.11 Å². The maximum atomic E-state index is 12.4. The third kappa shape index (κ3) is 4.46. The molecule has 2 N–H and O–H groups in total. The number of esters is 1. The average Bonchev–Trinajstić information content (AvgIpc) is 3.05. The van der Waals surface area contributed by atoms with Crippen molar-refractivity contribution in [3.63, 3.8) is 0 Å². The van der Waals surface area contributed by atoms with Crippen LogP contribution in [0, 0.1) is 13.8 Å².